The number of guanidine groups is 1. The van der Waals surface area contributed by atoms with Gasteiger partial charge < -0.3 is 20.1 Å². The summed E-state index contributed by atoms with van der Waals surface area (Å²) in [5.74, 6) is 2.62. The van der Waals surface area contributed by atoms with Crippen LogP contribution in [0.25, 0.3) is 0 Å². The summed E-state index contributed by atoms with van der Waals surface area (Å²) in [7, 11) is 1.81. The van der Waals surface area contributed by atoms with E-state index < -0.39 is 0 Å². The molecule has 0 saturated carbocycles. The van der Waals surface area contributed by atoms with Gasteiger partial charge in [0.15, 0.2) is 11.8 Å². The number of nitrogens with one attached hydrogen (secondary N) is 2. The van der Waals surface area contributed by atoms with E-state index in [0.717, 1.165) is 55.2 Å². The Morgan fingerprint density at radius 3 is 2.82 bits per heavy atom. The van der Waals surface area contributed by atoms with E-state index >= 15 is 0 Å². The lowest BCUT2D eigenvalue weighted by atomic mass is 10.2. The summed E-state index contributed by atoms with van der Waals surface area (Å²) in [6.45, 7) is 6.95. The van der Waals surface area contributed by atoms with Crippen molar-refractivity contribution in [2.24, 2.45) is 4.99 Å². The van der Waals surface area contributed by atoms with E-state index in [1.807, 2.05) is 7.05 Å². The molecule has 28 heavy (non-hydrogen) atoms. The van der Waals surface area contributed by atoms with Crippen molar-refractivity contribution < 1.29 is 4.52 Å². The van der Waals surface area contributed by atoms with Crippen molar-refractivity contribution in [1.29, 1.82) is 0 Å². The number of aryl methyl sites for hydroxylation is 1. The van der Waals surface area contributed by atoms with Crippen molar-refractivity contribution in [2.75, 3.05) is 31.6 Å². The molecule has 1 saturated heterocycles. The van der Waals surface area contributed by atoms with E-state index in [1.165, 1.54) is 5.69 Å². The summed E-state index contributed by atoms with van der Waals surface area (Å²) in [5, 5.41) is 10.9. The molecule has 0 radical (unpaired) electrons. The highest BCUT2D eigenvalue weighted by molar-refractivity contribution is 9.10. The average molecular weight is 449 g/mol. The minimum atomic E-state index is 0.294. The van der Waals surface area contributed by atoms with Gasteiger partial charge in [-0.25, -0.2) is 0 Å². The number of aliphatic imine (C=N–C) groups is 1. The molecule has 2 aromatic rings. The highest BCUT2D eigenvalue weighted by atomic mass is 79.9. The minimum Gasteiger partial charge on any atom is -0.369 e. The van der Waals surface area contributed by atoms with Crippen LogP contribution in [0.3, 0.4) is 0 Å². The van der Waals surface area contributed by atoms with Crippen molar-refractivity contribution in [3.05, 3.63) is 40.5 Å². The Morgan fingerprint density at radius 1 is 1.36 bits per heavy atom. The Labute approximate surface area is 175 Å². The van der Waals surface area contributed by atoms with Gasteiger partial charge in [0.2, 0.25) is 5.89 Å². The third-order valence-electron chi connectivity index (χ3n) is 4.80. The van der Waals surface area contributed by atoms with Gasteiger partial charge in [0.1, 0.15) is 0 Å². The standard InChI is InChI=1S/C20H29BrN6O/c1-14(2)19-25-18(28-26-19)5-4-11-23-20(22-3)24-16-10-12-27(13-16)17-8-6-15(21)7-9-17/h6-9,14,16H,4-5,10-13H2,1-3H3,(H2,22,23,24). The third kappa shape index (κ3) is 5.70. The van der Waals surface area contributed by atoms with Crippen LogP contribution in [-0.2, 0) is 6.42 Å². The van der Waals surface area contributed by atoms with Crippen LogP contribution in [0.2, 0.25) is 0 Å². The number of hydrogen-bond acceptors (Lipinski definition) is 5. The maximum atomic E-state index is 5.28. The maximum absolute atomic E-state index is 5.28. The molecule has 1 unspecified atom stereocenters. The molecule has 1 atom stereocenters. The Kier molecular flexibility index (Phi) is 7.30. The first kappa shape index (κ1) is 20.6. The topological polar surface area (TPSA) is 78.6 Å². The van der Waals surface area contributed by atoms with Gasteiger partial charge in [-0.3, -0.25) is 4.99 Å². The zero-order chi connectivity index (χ0) is 19.9. The lowest BCUT2D eigenvalue weighted by Gasteiger charge is -2.20. The van der Waals surface area contributed by atoms with Crippen molar-refractivity contribution in [1.82, 2.24) is 20.8 Å². The Bertz CT molecular complexity index is 773. The van der Waals surface area contributed by atoms with Crippen LogP contribution in [0.4, 0.5) is 5.69 Å². The first-order chi connectivity index (χ1) is 13.5. The molecule has 0 bridgehead atoms. The molecule has 0 amide bonds. The molecular formula is C20H29BrN6O. The SMILES string of the molecule is CN=C(NCCCc1nc(C(C)C)no1)NC1CCN(c2ccc(Br)cc2)C1. The summed E-state index contributed by atoms with van der Waals surface area (Å²) < 4.78 is 6.39. The number of nitrogens with zero attached hydrogens (tertiary/aromatic N) is 4. The number of hydrogen-bond donors (Lipinski definition) is 2. The van der Waals surface area contributed by atoms with E-state index in [2.05, 4.69) is 84.7 Å². The van der Waals surface area contributed by atoms with Gasteiger partial charge >= 0.3 is 0 Å². The molecule has 1 aromatic carbocycles. The monoisotopic (exact) mass is 448 g/mol. The fraction of sp³-hybridized carbons (Fsp3) is 0.550. The molecule has 0 aliphatic carbocycles. The van der Waals surface area contributed by atoms with Crippen LogP contribution < -0.4 is 15.5 Å². The van der Waals surface area contributed by atoms with E-state index in [1.54, 1.807) is 0 Å². The molecule has 1 aliphatic rings. The van der Waals surface area contributed by atoms with E-state index in [-0.39, 0.29) is 0 Å². The quantitative estimate of drug-likeness (QED) is 0.384. The summed E-state index contributed by atoms with van der Waals surface area (Å²) >= 11 is 3.49. The Balaban J connectivity index is 1.39. The number of aromatic nitrogens is 2. The van der Waals surface area contributed by atoms with Gasteiger partial charge in [0.05, 0.1) is 0 Å². The van der Waals surface area contributed by atoms with E-state index in [9.17, 15) is 0 Å². The van der Waals surface area contributed by atoms with Crippen LogP contribution in [0.5, 0.6) is 0 Å². The zero-order valence-corrected chi connectivity index (χ0v) is 18.4. The number of anilines is 1. The second-order valence-corrected chi connectivity index (χ2v) is 8.27. The molecule has 152 valence electrons. The average Bonchev–Trinajstić information content (AvgIpc) is 3.34. The third-order valence-corrected chi connectivity index (χ3v) is 5.33. The lowest BCUT2D eigenvalue weighted by molar-refractivity contribution is 0.368. The summed E-state index contributed by atoms with van der Waals surface area (Å²) in [6, 6.07) is 8.87. The van der Waals surface area contributed by atoms with Gasteiger partial charge in [-0.2, -0.15) is 4.98 Å². The van der Waals surface area contributed by atoms with Gasteiger partial charge in [-0.05, 0) is 37.1 Å². The number of halogens is 1. The van der Waals surface area contributed by atoms with E-state index in [4.69, 9.17) is 4.52 Å². The lowest BCUT2D eigenvalue weighted by Crippen LogP contribution is -2.44. The zero-order valence-electron chi connectivity index (χ0n) is 16.8. The van der Waals surface area contributed by atoms with Gasteiger partial charge in [-0.1, -0.05) is 34.9 Å². The van der Waals surface area contributed by atoms with Crippen LogP contribution in [0, 0.1) is 0 Å². The summed E-state index contributed by atoms with van der Waals surface area (Å²) in [4.78, 5) is 11.2. The Hall–Kier alpha value is -2.09. The highest BCUT2D eigenvalue weighted by Crippen LogP contribution is 2.22. The predicted molar refractivity (Wildman–Crippen MR) is 116 cm³/mol. The van der Waals surface area contributed by atoms with Crippen LogP contribution in [-0.4, -0.2) is 48.8 Å². The van der Waals surface area contributed by atoms with Crippen LogP contribution in [0.1, 0.15) is 44.3 Å². The molecule has 1 aliphatic heterocycles. The first-order valence-electron chi connectivity index (χ1n) is 9.85. The molecule has 1 aromatic heterocycles. The summed E-state index contributed by atoms with van der Waals surface area (Å²) in [6.07, 6.45) is 2.78. The summed E-state index contributed by atoms with van der Waals surface area (Å²) in [5.41, 5.74) is 1.26. The molecule has 0 spiro atoms. The van der Waals surface area contributed by atoms with Crippen molar-refractivity contribution in [2.45, 2.75) is 45.1 Å². The normalized spacial score (nSPS) is 17.4. The fourth-order valence-electron chi connectivity index (χ4n) is 3.20. The van der Waals surface area contributed by atoms with Crippen molar-refractivity contribution >= 4 is 27.6 Å². The molecule has 3 rings (SSSR count). The van der Waals surface area contributed by atoms with E-state index in [0.29, 0.717) is 17.9 Å². The largest absolute Gasteiger partial charge is 0.369 e. The van der Waals surface area contributed by atoms with Crippen molar-refractivity contribution in [3.63, 3.8) is 0 Å². The molecular weight excluding hydrogens is 420 g/mol. The fourth-order valence-corrected chi connectivity index (χ4v) is 3.47. The van der Waals surface area contributed by atoms with Crippen LogP contribution >= 0.6 is 15.9 Å². The van der Waals surface area contributed by atoms with Gasteiger partial charge in [0, 0.05) is 55.2 Å². The van der Waals surface area contributed by atoms with Gasteiger partial charge in [-0.15, -0.1) is 0 Å². The smallest absolute Gasteiger partial charge is 0.226 e. The molecule has 1 fully saturated rings. The molecule has 8 heteroatoms. The predicted octanol–water partition coefficient (Wildman–Crippen LogP) is 3.33. The van der Waals surface area contributed by atoms with Crippen LogP contribution in [0.15, 0.2) is 38.3 Å². The molecule has 7 nitrogen and oxygen atoms in total. The second-order valence-electron chi connectivity index (χ2n) is 7.36. The second kappa shape index (κ2) is 9.91. The number of benzene rings is 1. The molecule has 2 N–H and O–H groups in total. The number of rotatable bonds is 7. The van der Waals surface area contributed by atoms with Crippen molar-refractivity contribution in [3.8, 4) is 0 Å². The first-order valence-corrected chi connectivity index (χ1v) is 10.6. The highest BCUT2D eigenvalue weighted by Gasteiger charge is 2.23. The van der Waals surface area contributed by atoms with Gasteiger partial charge in [0.25, 0.3) is 0 Å². The Morgan fingerprint density at radius 2 is 2.14 bits per heavy atom. The maximum Gasteiger partial charge on any atom is 0.226 e. The minimum absolute atomic E-state index is 0.294. The molecule has 2 heterocycles.